The Morgan fingerprint density at radius 1 is 0.950 bits per heavy atom. The molecule has 1 unspecified atom stereocenters. The first-order valence-corrected chi connectivity index (χ1v) is 6.75. The topological polar surface area (TPSA) is 12.0 Å². The summed E-state index contributed by atoms with van der Waals surface area (Å²) in [6, 6.07) is 11.7. The van der Waals surface area contributed by atoms with Gasteiger partial charge in [-0.15, -0.1) is 0 Å². The molecule has 0 aromatic heterocycles. The van der Waals surface area contributed by atoms with Crippen LogP contribution in [0.4, 0.5) is 8.78 Å². The lowest BCUT2D eigenvalue weighted by Crippen LogP contribution is -2.30. The quantitative estimate of drug-likeness (QED) is 0.878. The summed E-state index contributed by atoms with van der Waals surface area (Å²) >= 11 is 0. The van der Waals surface area contributed by atoms with Crippen molar-refractivity contribution in [3.05, 3.63) is 70.8 Å². The Labute approximate surface area is 118 Å². The Hall–Kier alpha value is -1.74. The lowest BCUT2D eigenvalue weighted by atomic mass is 9.96. The second-order valence-electron chi connectivity index (χ2n) is 5.09. The largest absolute Gasteiger partial charge is 0.316 e. The lowest BCUT2D eigenvalue weighted by molar-refractivity contribution is 0.552. The van der Waals surface area contributed by atoms with E-state index in [2.05, 4.69) is 5.32 Å². The molecule has 0 amide bonds. The van der Waals surface area contributed by atoms with Crippen molar-refractivity contribution < 1.29 is 8.78 Å². The molecule has 0 heterocycles. The maximum atomic E-state index is 13.1. The van der Waals surface area contributed by atoms with E-state index in [0.717, 1.165) is 29.5 Å². The molecule has 0 saturated heterocycles. The number of halogens is 2. The second kappa shape index (κ2) is 6.62. The van der Waals surface area contributed by atoms with Crippen LogP contribution in [0.15, 0.2) is 42.5 Å². The highest BCUT2D eigenvalue weighted by Crippen LogP contribution is 2.15. The van der Waals surface area contributed by atoms with Gasteiger partial charge in [0.2, 0.25) is 0 Å². The zero-order valence-electron chi connectivity index (χ0n) is 11.8. The van der Waals surface area contributed by atoms with Crippen molar-refractivity contribution in [3.63, 3.8) is 0 Å². The van der Waals surface area contributed by atoms with Gasteiger partial charge in [0.1, 0.15) is 11.6 Å². The average Bonchev–Trinajstić information content (AvgIpc) is 2.43. The van der Waals surface area contributed by atoms with Gasteiger partial charge in [0.05, 0.1) is 0 Å². The van der Waals surface area contributed by atoms with E-state index >= 15 is 0 Å². The number of hydrogen-bond acceptors (Lipinski definition) is 1. The number of aryl methyl sites for hydroxylation is 1. The molecule has 0 spiro atoms. The van der Waals surface area contributed by atoms with E-state index in [0.29, 0.717) is 0 Å². The van der Waals surface area contributed by atoms with Gasteiger partial charge in [0, 0.05) is 6.04 Å². The van der Waals surface area contributed by atoms with Crippen LogP contribution in [-0.4, -0.2) is 13.1 Å². The summed E-state index contributed by atoms with van der Waals surface area (Å²) in [6.07, 6.45) is 1.63. The Bertz CT molecular complexity index is 564. The predicted octanol–water partition coefficient (Wildman–Crippen LogP) is 3.65. The summed E-state index contributed by atoms with van der Waals surface area (Å²) < 4.78 is 26.0. The molecule has 3 heteroatoms. The van der Waals surface area contributed by atoms with Crippen molar-refractivity contribution in [1.82, 2.24) is 5.32 Å². The van der Waals surface area contributed by atoms with Crippen molar-refractivity contribution in [2.24, 2.45) is 0 Å². The third-order valence-electron chi connectivity index (χ3n) is 3.57. The molecule has 2 aromatic carbocycles. The Morgan fingerprint density at radius 2 is 1.60 bits per heavy atom. The highest BCUT2D eigenvalue weighted by molar-refractivity contribution is 5.28. The zero-order valence-corrected chi connectivity index (χ0v) is 11.8. The maximum absolute atomic E-state index is 13.1. The van der Waals surface area contributed by atoms with E-state index in [-0.39, 0.29) is 17.7 Å². The van der Waals surface area contributed by atoms with Gasteiger partial charge < -0.3 is 5.32 Å². The van der Waals surface area contributed by atoms with Crippen LogP contribution in [0.1, 0.15) is 16.7 Å². The molecule has 0 aliphatic heterocycles. The van der Waals surface area contributed by atoms with Crippen molar-refractivity contribution in [3.8, 4) is 0 Å². The van der Waals surface area contributed by atoms with Crippen LogP contribution >= 0.6 is 0 Å². The normalized spacial score (nSPS) is 12.4. The molecule has 0 aliphatic carbocycles. The molecule has 0 radical (unpaired) electrons. The van der Waals surface area contributed by atoms with Gasteiger partial charge >= 0.3 is 0 Å². The molecule has 2 aromatic rings. The summed E-state index contributed by atoms with van der Waals surface area (Å²) in [4.78, 5) is 0. The highest BCUT2D eigenvalue weighted by Gasteiger charge is 2.10. The first-order chi connectivity index (χ1) is 9.58. The smallest absolute Gasteiger partial charge is 0.123 e. The minimum atomic E-state index is -0.218. The van der Waals surface area contributed by atoms with Crippen LogP contribution in [0.3, 0.4) is 0 Å². The monoisotopic (exact) mass is 275 g/mol. The molecule has 20 heavy (non-hydrogen) atoms. The van der Waals surface area contributed by atoms with E-state index in [4.69, 9.17) is 0 Å². The van der Waals surface area contributed by atoms with Gasteiger partial charge in [-0.3, -0.25) is 0 Å². The molecule has 1 N–H and O–H groups in total. The molecule has 0 aliphatic rings. The molecular weight excluding hydrogens is 256 g/mol. The van der Waals surface area contributed by atoms with Crippen LogP contribution in [0.2, 0.25) is 0 Å². The summed E-state index contributed by atoms with van der Waals surface area (Å²) in [5.41, 5.74) is 3.18. The maximum Gasteiger partial charge on any atom is 0.123 e. The number of benzene rings is 2. The lowest BCUT2D eigenvalue weighted by Gasteiger charge is -2.17. The van der Waals surface area contributed by atoms with Gasteiger partial charge in [-0.2, -0.15) is 0 Å². The van der Waals surface area contributed by atoms with Crippen molar-refractivity contribution in [1.29, 1.82) is 0 Å². The van der Waals surface area contributed by atoms with E-state index in [1.54, 1.807) is 18.2 Å². The van der Waals surface area contributed by atoms with Crippen molar-refractivity contribution >= 4 is 0 Å². The zero-order chi connectivity index (χ0) is 14.5. The first kappa shape index (κ1) is 14.7. The van der Waals surface area contributed by atoms with Gasteiger partial charge in [0.25, 0.3) is 0 Å². The Balaban J connectivity index is 2.07. The summed E-state index contributed by atoms with van der Waals surface area (Å²) in [5.74, 6) is -0.421. The molecule has 1 atom stereocenters. The fraction of sp³-hybridized carbons (Fsp3) is 0.294. The van der Waals surface area contributed by atoms with Crippen LogP contribution in [0, 0.1) is 18.6 Å². The fourth-order valence-corrected chi connectivity index (χ4v) is 2.34. The summed E-state index contributed by atoms with van der Waals surface area (Å²) in [6.45, 7) is 1.92. The van der Waals surface area contributed by atoms with Crippen molar-refractivity contribution in [2.45, 2.75) is 25.8 Å². The molecular formula is C17H19F2N. The SMILES string of the molecule is CNC(Cc1ccc(F)cc1)Cc1ccc(F)cc1C. The van der Waals surface area contributed by atoms with Crippen LogP contribution in [0.5, 0.6) is 0 Å². The number of likely N-dealkylation sites (N-methyl/N-ethyl adjacent to an activating group) is 1. The third kappa shape index (κ3) is 3.87. The fourth-order valence-electron chi connectivity index (χ4n) is 2.34. The van der Waals surface area contributed by atoms with E-state index in [1.807, 2.05) is 20.0 Å². The summed E-state index contributed by atoms with van der Waals surface area (Å²) in [7, 11) is 1.91. The summed E-state index contributed by atoms with van der Waals surface area (Å²) in [5, 5.41) is 3.27. The standard InChI is InChI=1S/C17H19F2N/c1-12-9-16(19)8-5-14(12)11-17(20-2)10-13-3-6-15(18)7-4-13/h3-9,17,20H,10-11H2,1-2H3. The van der Waals surface area contributed by atoms with E-state index in [9.17, 15) is 8.78 Å². The number of rotatable bonds is 5. The number of nitrogens with one attached hydrogen (secondary N) is 1. The minimum Gasteiger partial charge on any atom is -0.316 e. The molecule has 0 fully saturated rings. The van der Waals surface area contributed by atoms with E-state index < -0.39 is 0 Å². The number of hydrogen-bond donors (Lipinski definition) is 1. The Morgan fingerprint density at radius 3 is 2.20 bits per heavy atom. The third-order valence-corrected chi connectivity index (χ3v) is 3.57. The Kier molecular flexibility index (Phi) is 4.85. The van der Waals surface area contributed by atoms with E-state index in [1.165, 1.54) is 18.2 Å². The molecule has 0 bridgehead atoms. The van der Waals surface area contributed by atoms with Crippen LogP contribution in [-0.2, 0) is 12.8 Å². The highest BCUT2D eigenvalue weighted by atomic mass is 19.1. The second-order valence-corrected chi connectivity index (χ2v) is 5.09. The average molecular weight is 275 g/mol. The molecule has 2 rings (SSSR count). The molecule has 106 valence electrons. The first-order valence-electron chi connectivity index (χ1n) is 6.75. The van der Waals surface area contributed by atoms with Gasteiger partial charge in [-0.1, -0.05) is 18.2 Å². The van der Waals surface area contributed by atoms with Crippen LogP contribution < -0.4 is 5.32 Å². The van der Waals surface area contributed by atoms with Gasteiger partial charge in [-0.05, 0) is 67.8 Å². The molecule has 0 saturated carbocycles. The van der Waals surface area contributed by atoms with Gasteiger partial charge in [0.15, 0.2) is 0 Å². The van der Waals surface area contributed by atoms with Crippen LogP contribution in [0.25, 0.3) is 0 Å². The van der Waals surface area contributed by atoms with Crippen molar-refractivity contribution in [2.75, 3.05) is 7.05 Å². The molecule has 1 nitrogen and oxygen atoms in total. The van der Waals surface area contributed by atoms with Gasteiger partial charge in [-0.25, -0.2) is 8.78 Å². The predicted molar refractivity (Wildman–Crippen MR) is 77.8 cm³/mol. The minimum absolute atomic E-state index is 0.203.